The van der Waals surface area contributed by atoms with E-state index in [0.29, 0.717) is 5.69 Å². The van der Waals surface area contributed by atoms with E-state index in [2.05, 4.69) is 10.3 Å². The van der Waals surface area contributed by atoms with Crippen LogP contribution < -0.4 is 5.32 Å². The molecule has 0 aliphatic rings. The van der Waals surface area contributed by atoms with Crippen LogP contribution in [0.1, 0.15) is 16.1 Å². The molecule has 0 saturated heterocycles. The van der Waals surface area contributed by atoms with Crippen LogP contribution in [0.15, 0.2) is 53.9 Å². The van der Waals surface area contributed by atoms with Gasteiger partial charge in [-0.2, -0.15) is 13.2 Å². The number of carbonyl (C=O) groups is 2. The van der Waals surface area contributed by atoms with E-state index in [0.717, 1.165) is 28.4 Å². The molecular formula is C21H17F3N2O3S. The van der Waals surface area contributed by atoms with Gasteiger partial charge in [-0.25, -0.2) is 4.98 Å². The van der Waals surface area contributed by atoms with Gasteiger partial charge in [0.1, 0.15) is 0 Å². The number of hydrogen-bond donors (Lipinski definition) is 1. The molecule has 1 heterocycles. The summed E-state index contributed by atoms with van der Waals surface area (Å²) in [6.07, 6.45) is -4.86. The molecule has 0 bridgehead atoms. The highest BCUT2D eigenvalue weighted by Crippen LogP contribution is 2.29. The number of anilines is 1. The second kappa shape index (κ2) is 9.08. The number of hydrogen-bond acceptors (Lipinski definition) is 5. The fourth-order valence-electron chi connectivity index (χ4n) is 2.67. The van der Waals surface area contributed by atoms with Crippen LogP contribution in [0.5, 0.6) is 0 Å². The number of carbonyl (C=O) groups excluding carboxylic acids is 2. The van der Waals surface area contributed by atoms with E-state index in [9.17, 15) is 22.8 Å². The summed E-state index contributed by atoms with van der Waals surface area (Å²) < 4.78 is 43.1. The van der Waals surface area contributed by atoms with E-state index in [-0.39, 0.29) is 12.0 Å². The average molecular weight is 434 g/mol. The largest absolute Gasteiger partial charge is 0.455 e. The predicted molar refractivity (Wildman–Crippen MR) is 107 cm³/mol. The van der Waals surface area contributed by atoms with Crippen LogP contribution in [0.25, 0.3) is 11.3 Å². The van der Waals surface area contributed by atoms with E-state index >= 15 is 0 Å². The number of thiazole rings is 1. The molecule has 1 N–H and O–H groups in total. The number of aromatic nitrogens is 1. The first-order valence-corrected chi connectivity index (χ1v) is 9.73. The summed E-state index contributed by atoms with van der Waals surface area (Å²) in [4.78, 5) is 28.3. The van der Waals surface area contributed by atoms with Gasteiger partial charge in [-0.1, -0.05) is 30.3 Å². The number of aryl methyl sites for hydroxylation is 1. The van der Waals surface area contributed by atoms with E-state index < -0.39 is 30.2 Å². The minimum atomic E-state index is -4.49. The number of halogens is 3. The van der Waals surface area contributed by atoms with Crippen molar-refractivity contribution >= 4 is 28.9 Å². The molecule has 9 heteroatoms. The summed E-state index contributed by atoms with van der Waals surface area (Å²) in [5.74, 6) is -1.35. The Balaban J connectivity index is 1.53. The minimum Gasteiger partial charge on any atom is -0.455 e. The van der Waals surface area contributed by atoms with Gasteiger partial charge in [-0.3, -0.25) is 9.59 Å². The van der Waals surface area contributed by atoms with Crippen molar-refractivity contribution < 1.29 is 27.5 Å². The standard InChI is InChI=1S/C21H17F3N2O3S/c1-13-25-18(12-30-13)15-5-3-7-17(10-15)26-19(27)11-29-20(28)9-14-4-2-6-16(8-14)21(22,23)24/h2-8,10,12H,9,11H2,1H3,(H,26,27). The SMILES string of the molecule is Cc1nc(-c2cccc(NC(=O)COC(=O)Cc3cccc(C(F)(F)F)c3)c2)cs1. The normalized spacial score (nSPS) is 11.2. The molecule has 0 atom stereocenters. The lowest BCUT2D eigenvalue weighted by molar-refractivity contribution is -0.146. The number of esters is 1. The predicted octanol–water partition coefficient (Wildman–Crippen LogP) is 4.86. The molecule has 0 unspecified atom stereocenters. The summed E-state index contributed by atoms with van der Waals surface area (Å²) in [5.41, 5.74) is 1.44. The van der Waals surface area contributed by atoms with Gasteiger partial charge in [0.05, 0.1) is 22.7 Å². The number of alkyl halides is 3. The third-order valence-electron chi connectivity index (χ3n) is 4.03. The second-order valence-electron chi connectivity index (χ2n) is 6.42. The van der Waals surface area contributed by atoms with E-state index in [4.69, 9.17) is 4.74 Å². The Kier molecular flexibility index (Phi) is 6.51. The number of rotatable bonds is 6. The lowest BCUT2D eigenvalue weighted by Crippen LogP contribution is -2.21. The first-order chi connectivity index (χ1) is 14.2. The third kappa shape index (κ3) is 5.90. The van der Waals surface area contributed by atoms with Crippen LogP contribution >= 0.6 is 11.3 Å². The molecular weight excluding hydrogens is 417 g/mol. The summed E-state index contributed by atoms with van der Waals surface area (Å²) >= 11 is 1.51. The van der Waals surface area contributed by atoms with Crippen molar-refractivity contribution in [1.82, 2.24) is 4.98 Å². The van der Waals surface area contributed by atoms with Crippen molar-refractivity contribution in [1.29, 1.82) is 0 Å². The van der Waals surface area contributed by atoms with Crippen molar-refractivity contribution in [3.63, 3.8) is 0 Å². The summed E-state index contributed by atoms with van der Waals surface area (Å²) in [6.45, 7) is 1.35. The highest BCUT2D eigenvalue weighted by molar-refractivity contribution is 7.09. The van der Waals surface area contributed by atoms with Crippen LogP contribution in [0.2, 0.25) is 0 Å². The molecule has 0 fully saturated rings. The Labute approximate surface area is 174 Å². The average Bonchev–Trinajstić information content (AvgIpc) is 3.13. The lowest BCUT2D eigenvalue weighted by Gasteiger charge is -2.09. The maximum Gasteiger partial charge on any atom is 0.416 e. The molecule has 0 radical (unpaired) electrons. The molecule has 0 saturated carbocycles. The molecule has 30 heavy (non-hydrogen) atoms. The van der Waals surface area contributed by atoms with Gasteiger partial charge in [0, 0.05) is 16.6 Å². The monoisotopic (exact) mass is 434 g/mol. The molecule has 1 aromatic heterocycles. The van der Waals surface area contributed by atoms with Crippen molar-refractivity contribution in [3.05, 3.63) is 70.0 Å². The molecule has 2 aromatic carbocycles. The van der Waals surface area contributed by atoms with Gasteiger partial charge >= 0.3 is 12.1 Å². The zero-order chi connectivity index (χ0) is 21.7. The molecule has 3 aromatic rings. The Bertz CT molecular complexity index is 1060. The van der Waals surface area contributed by atoms with Crippen LogP contribution in [0.4, 0.5) is 18.9 Å². The fraction of sp³-hybridized carbons (Fsp3) is 0.190. The van der Waals surface area contributed by atoms with Crippen molar-refractivity contribution in [2.24, 2.45) is 0 Å². The first-order valence-electron chi connectivity index (χ1n) is 8.85. The van der Waals surface area contributed by atoms with Crippen LogP contribution in [-0.2, 0) is 26.9 Å². The summed E-state index contributed by atoms with van der Waals surface area (Å²) in [7, 11) is 0. The van der Waals surface area contributed by atoms with Crippen molar-refractivity contribution in [2.75, 3.05) is 11.9 Å². The maximum atomic E-state index is 12.7. The number of benzene rings is 2. The topological polar surface area (TPSA) is 68.3 Å². The highest BCUT2D eigenvalue weighted by atomic mass is 32.1. The smallest absolute Gasteiger partial charge is 0.416 e. The Morgan fingerprint density at radius 2 is 1.90 bits per heavy atom. The zero-order valence-corrected chi connectivity index (χ0v) is 16.6. The van der Waals surface area contributed by atoms with E-state index in [1.54, 1.807) is 18.2 Å². The number of nitrogens with one attached hydrogen (secondary N) is 1. The fourth-order valence-corrected chi connectivity index (χ4v) is 3.29. The molecule has 0 aliphatic carbocycles. The Hall–Kier alpha value is -3.20. The molecule has 3 rings (SSSR count). The maximum absolute atomic E-state index is 12.7. The van der Waals surface area contributed by atoms with Crippen LogP contribution in [0.3, 0.4) is 0 Å². The molecule has 156 valence electrons. The van der Waals surface area contributed by atoms with Crippen LogP contribution in [0, 0.1) is 6.92 Å². The molecule has 5 nitrogen and oxygen atoms in total. The molecule has 0 aliphatic heterocycles. The van der Waals surface area contributed by atoms with Crippen molar-refractivity contribution in [2.45, 2.75) is 19.5 Å². The van der Waals surface area contributed by atoms with Gasteiger partial charge in [0.2, 0.25) is 0 Å². The number of ether oxygens (including phenoxy) is 1. The lowest BCUT2D eigenvalue weighted by atomic mass is 10.1. The minimum absolute atomic E-state index is 0.154. The van der Waals surface area contributed by atoms with Crippen molar-refractivity contribution in [3.8, 4) is 11.3 Å². The number of amides is 1. The van der Waals surface area contributed by atoms with Gasteiger partial charge in [0.15, 0.2) is 6.61 Å². The molecule has 1 amide bonds. The van der Waals surface area contributed by atoms with Crippen LogP contribution in [-0.4, -0.2) is 23.5 Å². The van der Waals surface area contributed by atoms with E-state index in [1.165, 1.54) is 23.5 Å². The second-order valence-corrected chi connectivity index (χ2v) is 7.48. The van der Waals surface area contributed by atoms with Gasteiger partial charge in [-0.05, 0) is 30.7 Å². The van der Waals surface area contributed by atoms with E-state index in [1.807, 2.05) is 18.4 Å². The number of nitrogens with zero attached hydrogens (tertiary/aromatic N) is 1. The summed E-state index contributed by atoms with van der Waals surface area (Å²) in [6, 6.07) is 11.5. The van der Waals surface area contributed by atoms with Gasteiger partial charge < -0.3 is 10.1 Å². The Morgan fingerprint density at radius 1 is 1.13 bits per heavy atom. The zero-order valence-electron chi connectivity index (χ0n) is 15.8. The highest BCUT2D eigenvalue weighted by Gasteiger charge is 2.30. The summed E-state index contributed by atoms with van der Waals surface area (Å²) in [5, 5.41) is 5.45. The first kappa shape index (κ1) is 21.5. The Morgan fingerprint density at radius 3 is 2.60 bits per heavy atom. The van der Waals surface area contributed by atoms with Gasteiger partial charge in [0.25, 0.3) is 5.91 Å². The molecule has 0 spiro atoms. The quantitative estimate of drug-likeness (QED) is 0.563. The van der Waals surface area contributed by atoms with Gasteiger partial charge in [-0.15, -0.1) is 11.3 Å². The third-order valence-corrected chi connectivity index (χ3v) is 4.80.